The van der Waals surface area contributed by atoms with Crippen molar-refractivity contribution in [1.82, 2.24) is 19.8 Å². The number of hydrogen-bond acceptors (Lipinski definition) is 5. The molecular formula is C23H24N4O2. The van der Waals surface area contributed by atoms with Crippen LogP contribution in [-0.4, -0.2) is 34.0 Å². The standard InChI is InChI=1S/C23H24N4O2/c1-17-13-20(25-29-17)16-26(2)14-19-15-27(21-7-5-4-6-8-21)24-23(19)18-9-11-22(28-3)12-10-18/h4-13,15H,14,16H2,1-3H3. The SMILES string of the molecule is COc1ccc(-c2nn(-c3ccccc3)cc2CN(C)Cc2cc(C)on2)cc1. The molecule has 0 fully saturated rings. The molecule has 2 aromatic carbocycles. The summed E-state index contributed by atoms with van der Waals surface area (Å²) in [6, 6.07) is 20.1. The number of rotatable bonds is 7. The van der Waals surface area contributed by atoms with E-state index in [2.05, 4.69) is 35.4 Å². The highest BCUT2D eigenvalue weighted by molar-refractivity contribution is 5.64. The quantitative estimate of drug-likeness (QED) is 0.467. The molecule has 0 aliphatic carbocycles. The first-order valence-electron chi connectivity index (χ1n) is 9.51. The van der Waals surface area contributed by atoms with E-state index < -0.39 is 0 Å². The van der Waals surface area contributed by atoms with Crippen molar-refractivity contribution in [2.45, 2.75) is 20.0 Å². The third-order valence-corrected chi connectivity index (χ3v) is 4.72. The van der Waals surface area contributed by atoms with Gasteiger partial charge in [0, 0.05) is 36.5 Å². The fourth-order valence-corrected chi connectivity index (χ4v) is 3.35. The van der Waals surface area contributed by atoms with Gasteiger partial charge in [-0.1, -0.05) is 23.4 Å². The van der Waals surface area contributed by atoms with Gasteiger partial charge in [0.15, 0.2) is 0 Å². The van der Waals surface area contributed by atoms with Crippen molar-refractivity contribution in [2.75, 3.05) is 14.2 Å². The van der Waals surface area contributed by atoms with Gasteiger partial charge in [-0.2, -0.15) is 5.10 Å². The lowest BCUT2D eigenvalue weighted by atomic mass is 10.1. The third-order valence-electron chi connectivity index (χ3n) is 4.72. The summed E-state index contributed by atoms with van der Waals surface area (Å²) >= 11 is 0. The molecule has 4 rings (SSSR count). The second kappa shape index (κ2) is 8.32. The van der Waals surface area contributed by atoms with Crippen LogP contribution < -0.4 is 4.74 Å². The highest BCUT2D eigenvalue weighted by Crippen LogP contribution is 2.27. The first-order valence-corrected chi connectivity index (χ1v) is 9.51. The third kappa shape index (κ3) is 4.38. The van der Waals surface area contributed by atoms with E-state index in [-0.39, 0.29) is 0 Å². The Morgan fingerprint density at radius 2 is 1.79 bits per heavy atom. The second-order valence-electron chi connectivity index (χ2n) is 7.11. The largest absolute Gasteiger partial charge is 0.497 e. The Kier molecular flexibility index (Phi) is 5.44. The average Bonchev–Trinajstić information content (AvgIpc) is 3.35. The predicted molar refractivity (Wildman–Crippen MR) is 112 cm³/mol. The van der Waals surface area contributed by atoms with Gasteiger partial charge in [0.25, 0.3) is 0 Å². The molecular weight excluding hydrogens is 364 g/mol. The van der Waals surface area contributed by atoms with Crippen LogP contribution in [0.1, 0.15) is 17.0 Å². The van der Waals surface area contributed by atoms with Crippen molar-refractivity contribution in [1.29, 1.82) is 0 Å². The Hall–Kier alpha value is -3.38. The van der Waals surface area contributed by atoms with Gasteiger partial charge >= 0.3 is 0 Å². The Morgan fingerprint density at radius 1 is 1.03 bits per heavy atom. The molecule has 0 atom stereocenters. The molecule has 2 aromatic heterocycles. The Morgan fingerprint density at radius 3 is 2.45 bits per heavy atom. The van der Waals surface area contributed by atoms with Crippen LogP contribution in [0, 0.1) is 6.92 Å². The van der Waals surface area contributed by atoms with Crippen LogP contribution in [0.2, 0.25) is 0 Å². The minimum atomic E-state index is 0.704. The number of hydrogen-bond donors (Lipinski definition) is 0. The molecule has 0 aliphatic rings. The minimum absolute atomic E-state index is 0.704. The van der Waals surface area contributed by atoms with E-state index >= 15 is 0 Å². The maximum Gasteiger partial charge on any atom is 0.133 e. The van der Waals surface area contributed by atoms with E-state index in [0.717, 1.165) is 46.3 Å². The van der Waals surface area contributed by atoms with E-state index in [1.54, 1.807) is 7.11 Å². The molecule has 6 heteroatoms. The zero-order valence-electron chi connectivity index (χ0n) is 16.9. The summed E-state index contributed by atoms with van der Waals surface area (Å²) in [5.74, 6) is 1.65. The highest BCUT2D eigenvalue weighted by Gasteiger charge is 2.15. The van der Waals surface area contributed by atoms with Gasteiger partial charge in [-0.25, -0.2) is 4.68 Å². The van der Waals surface area contributed by atoms with Gasteiger partial charge in [-0.15, -0.1) is 0 Å². The van der Waals surface area contributed by atoms with Gasteiger partial charge in [0.1, 0.15) is 11.5 Å². The van der Waals surface area contributed by atoms with Crippen molar-refractivity contribution >= 4 is 0 Å². The molecule has 0 unspecified atom stereocenters. The number of methoxy groups -OCH3 is 1. The summed E-state index contributed by atoms with van der Waals surface area (Å²) in [5, 5.41) is 8.98. The summed E-state index contributed by atoms with van der Waals surface area (Å²) < 4.78 is 12.4. The van der Waals surface area contributed by atoms with Gasteiger partial charge in [-0.3, -0.25) is 4.90 Å². The molecule has 4 aromatic rings. The Bertz CT molecular complexity index is 1070. The van der Waals surface area contributed by atoms with Gasteiger partial charge in [0.2, 0.25) is 0 Å². The summed E-state index contributed by atoms with van der Waals surface area (Å²) in [4.78, 5) is 2.21. The smallest absolute Gasteiger partial charge is 0.133 e. The van der Waals surface area contributed by atoms with Gasteiger partial charge in [0.05, 0.1) is 24.2 Å². The van der Waals surface area contributed by atoms with Crippen molar-refractivity contribution in [3.8, 4) is 22.7 Å². The maximum atomic E-state index is 5.29. The van der Waals surface area contributed by atoms with E-state index in [1.807, 2.05) is 60.1 Å². The normalized spacial score (nSPS) is 11.2. The topological polar surface area (TPSA) is 56.3 Å². The number of para-hydroxylation sites is 1. The summed E-state index contributed by atoms with van der Waals surface area (Å²) in [7, 11) is 3.74. The minimum Gasteiger partial charge on any atom is -0.497 e. The lowest BCUT2D eigenvalue weighted by molar-refractivity contribution is 0.302. The Balaban J connectivity index is 1.65. The molecule has 0 spiro atoms. The van der Waals surface area contributed by atoms with E-state index in [1.165, 1.54) is 0 Å². The summed E-state index contributed by atoms with van der Waals surface area (Å²) in [6.45, 7) is 3.35. The van der Waals surface area contributed by atoms with Gasteiger partial charge < -0.3 is 9.26 Å². The molecule has 0 saturated carbocycles. The number of benzene rings is 2. The molecule has 2 heterocycles. The zero-order chi connectivity index (χ0) is 20.2. The summed E-state index contributed by atoms with van der Waals surface area (Å²) in [5.41, 5.74) is 5.11. The average molecular weight is 388 g/mol. The number of nitrogens with zero attached hydrogens (tertiary/aromatic N) is 4. The fraction of sp³-hybridized carbons (Fsp3) is 0.217. The number of aromatic nitrogens is 3. The molecule has 0 radical (unpaired) electrons. The zero-order valence-corrected chi connectivity index (χ0v) is 16.9. The highest BCUT2D eigenvalue weighted by atomic mass is 16.5. The first kappa shape index (κ1) is 19.0. The molecule has 6 nitrogen and oxygen atoms in total. The van der Waals surface area contributed by atoms with E-state index in [9.17, 15) is 0 Å². The van der Waals surface area contributed by atoms with E-state index in [4.69, 9.17) is 14.4 Å². The van der Waals surface area contributed by atoms with Crippen LogP contribution in [-0.2, 0) is 13.1 Å². The number of aryl methyl sites for hydroxylation is 1. The molecule has 0 N–H and O–H groups in total. The lowest BCUT2D eigenvalue weighted by Gasteiger charge is -2.14. The Labute approximate surface area is 170 Å². The monoisotopic (exact) mass is 388 g/mol. The van der Waals surface area contributed by atoms with Crippen LogP contribution in [0.15, 0.2) is 71.4 Å². The van der Waals surface area contributed by atoms with Crippen molar-refractivity contribution in [2.24, 2.45) is 0 Å². The molecule has 29 heavy (non-hydrogen) atoms. The second-order valence-corrected chi connectivity index (χ2v) is 7.11. The fourth-order valence-electron chi connectivity index (χ4n) is 3.35. The van der Waals surface area contributed by atoms with Crippen LogP contribution in [0.4, 0.5) is 0 Å². The van der Waals surface area contributed by atoms with Crippen LogP contribution in [0.5, 0.6) is 5.75 Å². The lowest BCUT2D eigenvalue weighted by Crippen LogP contribution is -2.17. The van der Waals surface area contributed by atoms with Gasteiger partial charge in [-0.05, 0) is 50.4 Å². The van der Waals surface area contributed by atoms with Crippen LogP contribution in [0.3, 0.4) is 0 Å². The number of ether oxygens (including phenoxy) is 1. The van der Waals surface area contributed by atoms with Crippen molar-refractivity contribution < 1.29 is 9.26 Å². The van der Waals surface area contributed by atoms with E-state index in [0.29, 0.717) is 6.54 Å². The predicted octanol–water partition coefficient (Wildman–Crippen LogP) is 4.48. The molecule has 0 amide bonds. The van der Waals surface area contributed by atoms with Crippen LogP contribution >= 0.6 is 0 Å². The molecule has 0 bridgehead atoms. The maximum absolute atomic E-state index is 5.29. The van der Waals surface area contributed by atoms with Crippen LogP contribution in [0.25, 0.3) is 16.9 Å². The van der Waals surface area contributed by atoms with Crippen molar-refractivity contribution in [3.63, 3.8) is 0 Å². The summed E-state index contributed by atoms with van der Waals surface area (Å²) in [6.07, 6.45) is 2.10. The first-order chi connectivity index (χ1) is 14.1. The van der Waals surface area contributed by atoms with Crippen molar-refractivity contribution in [3.05, 3.63) is 83.9 Å². The molecule has 148 valence electrons. The molecule has 0 aliphatic heterocycles. The molecule has 0 saturated heterocycles.